The Hall–Kier alpha value is -3.78. The van der Waals surface area contributed by atoms with Gasteiger partial charge in [-0.2, -0.15) is 0 Å². The Labute approximate surface area is 182 Å². The molecule has 1 fully saturated rings. The Bertz CT molecular complexity index is 1180. The van der Waals surface area contributed by atoms with E-state index in [0.717, 1.165) is 10.9 Å². The highest BCUT2D eigenvalue weighted by Gasteiger charge is 2.47. The van der Waals surface area contributed by atoms with Crippen molar-refractivity contribution in [1.82, 2.24) is 4.90 Å². The highest BCUT2D eigenvalue weighted by molar-refractivity contribution is 7.09. The quantitative estimate of drug-likeness (QED) is 0.319. The Balaban J connectivity index is 1.90. The lowest BCUT2D eigenvalue weighted by Crippen LogP contribution is -2.28. The van der Waals surface area contributed by atoms with Crippen LogP contribution in [0.15, 0.2) is 65.6 Å². The number of ether oxygens (including phenoxy) is 1. The fourth-order valence-electron chi connectivity index (χ4n) is 3.63. The predicted molar refractivity (Wildman–Crippen MR) is 115 cm³/mol. The van der Waals surface area contributed by atoms with Crippen molar-refractivity contribution in [3.63, 3.8) is 0 Å². The third-order valence-electron chi connectivity index (χ3n) is 5.10. The molecular weight excluding hydrogens is 418 g/mol. The molecule has 0 radical (unpaired) electrons. The molecule has 8 heteroatoms. The molecule has 158 valence electrons. The average Bonchev–Trinajstić information content (AvgIpc) is 3.36. The molecule has 0 spiro atoms. The van der Waals surface area contributed by atoms with Crippen molar-refractivity contribution in [1.29, 1.82) is 0 Å². The standard InChI is InChI=1S/C23H19NO6S/c1-30-15-5-2-4-13(10-15)21(27)19-20(17-8-7-14(25)11-18(17)26)24(23(29)22(19)28)12-16-6-3-9-31-16/h2-11,20,25-27H,12H2,1H3/b21-19+. The lowest BCUT2D eigenvalue weighted by atomic mass is 9.94. The van der Waals surface area contributed by atoms with Gasteiger partial charge < -0.3 is 25.0 Å². The van der Waals surface area contributed by atoms with E-state index in [1.54, 1.807) is 24.3 Å². The summed E-state index contributed by atoms with van der Waals surface area (Å²) in [5.74, 6) is -1.99. The Morgan fingerprint density at radius 3 is 2.58 bits per heavy atom. The first-order valence-corrected chi connectivity index (χ1v) is 10.3. The van der Waals surface area contributed by atoms with Crippen LogP contribution in [0.25, 0.3) is 5.76 Å². The van der Waals surface area contributed by atoms with Crippen LogP contribution >= 0.6 is 11.3 Å². The third-order valence-corrected chi connectivity index (χ3v) is 5.96. The van der Waals surface area contributed by atoms with Gasteiger partial charge in [0.05, 0.1) is 25.3 Å². The van der Waals surface area contributed by atoms with Gasteiger partial charge in [-0.25, -0.2) is 0 Å². The van der Waals surface area contributed by atoms with E-state index in [4.69, 9.17) is 4.74 Å². The molecule has 1 unspecified atom stereocenters. The number of thiophene rings is 1. The second-order valence-electron chi connectivity index (χ2n) is 6.98. The van der Waals surface area contributed by atoms with E-state index in [-0.39, 0.29) is 34.9 Å². The van der Waals surface area contributed by atoms with Gasteiger partial charge >= 0.3 is 0 Å². The smallest absolute Gasteiger partial charge is 0.295 e. The number of Topliss-reactive ketones (excluding diaryl/α,β-unsaturated/α-hetero) is 1. The summed E-state index contributed by atoms with van der Waals surface area (Å²) in [5, 5.41) is 33.1. The first-order valence-electron chi connectivity index (χ1n) is 9.37. The Morgan fingerprint density at radius 1 is 1.10 bits per heavy atom. The van der Waals surface area contributed by atoms with Crippen molar-refractivity contribution in [2.24, 2.45) is 0 Å². The van der Waals surface area contributed by atoms with Crippen LogP contribution in [0.4, 0.5) is 0 Å². The van der Waals surface area contributed by atoms with Crippen LogP contribution in [0, 0.1) is 0 Å². The molecule has 0 bridgehead atoms. The van der Waals surface area contributed by atoms with Gasteiger partial charge in [0.1, 0.15) is 23.0 Å². The van der Waals surface area contributed by atoms with Crippen molar-refractivity contribution >= 4 is 28.8 Å². The van der Waals surface area contributed by atoms with Crippen molar-refractivity contribution in [2.75, 3.05) is 7.11 Å². The summed E-state index contributed by atoms with van der Waals surface area (Å²) in [4.78, 5) is 28.1. The van der Waals surface area contributed by atoms with Gasteiger partial charge in [0.25, 0.3) is 11.7 Å². The summed E-state index contributed by atoms with van der Waals surface area (Å²) in [6.45, 7) is 0.127. The normalized spacial score (nSPS) is 17.8. The third kappa shape index (κ3) is 3.73. The number of methoxy groups -OCH3 is 1. The molecule has 7 nitrogen and oxygen atoms in total. The minimum Gasteiger partial charge on any atom is -0.508 e. The van der Waals surface area contributed by atoms with E-state index in [1.165, 1.54) is 35.5 Å². The number of aliphatic hydroxyl groups excluding tert-OH is 1. The van der Waals surface area contributed by atoms with Crippen molar-refractivity contribution in [3.05, 3.63) is 81.6 Å². The van der Waals surface area contributed by atoms with Crippen LogP contribution in [0.3, 0.4) is 0 Å². The predicted octanol–water partition coefficient (Wildman–Crippen LogP) is 3.79. The van der Waals surface area contributed by atoms with E-state index in [1.807, 2.05) is 17.5 Å². The number of phenolic OH excluding ortho intramolecular Hbond substituents is 2. The molecule has 1 saturated heterocycles. The summed E-state index contributed by atoms with van der Waals surface area (Å²) in [7, 11) is 1.48. The topological polar surface area (TPSA) is 107 Å². The lowest BCUT2D eigenvalue weighted by Gasteiger charge is -2.25. The van der Waals surface area contributed by atoms with Crippen molar-refractivity contribution in [3.8, 4) is 17.2 Å². The van der Waals surface area contributed by atoms with Gasteiger partial charge in [-0.15, -0.1) is 11.3 Å². The maximum atomic E-state index is 13.0. The fraction of sp³-hybridized carbons (Fsp3) is 0.130. The molecule has 0 saturated carbocycles. The molecule has 31 heavy (non-hydrogen) atoms. The average molecular weight is 437 g/mol. The number of likely N-dealkylation sites (tertiary alicyclic amines) is 1. The van der Waals surface area contributed by atoms with E-state index >= 15 is 0 Å². The van der Waals surface area contributed by atoms with E-state index in [9.17, 15) is 24.9 Å². The van der Waals surface area contributed by atoms with Crippen LogP contribution in [0.2, 0.25) is 0 Å². The van der Waals surface area contributed by atoms with Gasteiger partial charge in [-0.1, -0.05) is 18.2 Å². The lowest BCUT2D eigenvalue weighted by molar-refractivity contribution is -0.140. The van der Waals surface area contributed by atoms with Crippen LogP contribution < -0.4 is 4.74 Å². The van der Waals surface area contributed by atoms with Crippen LogP contribution in [0.1, 0.15) is 22.0 Å². The SMILES string of the molecule is COc1cccc(/C(O)=C2\C(=O)C(=O)N(Cc3cccs3)C2c2ccc(O)cc2O)c1. The number of aromatic hydroxyl groups is 2. The molecule has 2 heterocycles. The largest absolute Gasteiger partial charge is 0.508 e. The van der Waals surface area contributed by atoms with Gasteiger partial charge in [0, 0.05) is 22.1 Å². The fourth-order valence-corrected chi connectivity index (χ4v) is 4.33. The molecule has 1 aromatic heterocycles. The summed E-state index contributed by atoms with van der Waals surface area (Å²) in [6.07, 6.45) is 0. The molecular formula is C23H19NO6S. The Morgan fingerprint density at radius 2 is 1.90 bits per heavy atom. The monoisotopic (exact) mass is 437 g/mol. The van der Waals surface area contributed by atoms with E-state index in [0.29, 0.717) is 11.3 Å². The maximum absolute atomic E-state index is 13.0. The second kappa shape index (κ2) is 8.16. The van der Waals surface area contributed by atoms with Crippen molar-refractivity contribution in [2.45, 2.75) is 12.6 Å². The molecule has 1 aliphatic rings. The number of ketones is 1. The maximum Gasteiger partial charge on any atom is 0.295 e. The van der Waals surface area contributed by atoms with Crippen LogP contribution in [0.5, 0.6) is 17.2 Å². The zero-order valence-corrected chi connectivity index (χ0v) is 17.3. The molecule has 0 aliphatic carbocycles. The summed E-state index contributed by atoms with van der Waals surface area (Å²) < 4.78 is 5.19. The summed E-state index contributed by atoms with van der Waals surface area (Å²) in [6, 6.07) is 13.0. The number of hydrogen-bond acceptors (Lipinski definition) is 7. The highest BCUT2D eigenvalue weighted by atomic mass is 32.1. The zero-order valence-electron chi connectivity index (χ0n) is 16.5. The molecule has 2 aromatic carbocycles. The molecule has 3 aromatic rings. The number of carbonyl (C=O) groups excluding carboxylic acids is 2. The van der Waals surface area contributed by atoms with Gasteiger partial charge in [-0.05, 0) is 35.7 Å². The van der Waals surface area contributed by atoms with Crippen LogP contribution in [-0.4, -0.2) is 39.0 Å². The summed E-state index contributed by atoms with van der Waals surface area (Å²) in [5.41, 5.74) is 0.380. The zero-order chi connectivity index (χ0) is 22.1. The van der Waals surface area contributed by atoms with Gasteiger partial charge in [0.2, 0.25) is 0 Å². The van der Waals surface area contributed by atoms with Gasteiger partial charge in [-0.3, -0.25) is 9.59 Å². The summed E-state index contributed by atoms with van der Waals surface area (Å²) >= 11 is 1.43. The number of rotatable bonds is 5. The number of benzene rings is 2. The van der Waals surface area contributed by atoms with Crippen LogP contribution in [-0.2, 0) is 16.1 Å². The van der Waals surface area contributed by atoms with Crippen molar-refractivity contribution < 1.29 is 29.6 Å². The number of amides is 1. The first kappa shape index (κ1) is 20.5. The molecule has 4 rings (SSSR count). The molecule has 1 atom stereocenters. The molecule has 1 aliphatic heterocycles. The minimum atomic E-state index is -1.03. The van der Waals surface area contributed by atoms with E-state index in [2.05, 4.69) is 0 Å². The number of aliphatic hydroxyl groups is 1. The minimum absolute atomic E-state index is 0.127. The highest BCUT2D eigenvalue weighted by Crippen LogP contribution is 2.44. The van der Waals surface area contributed by atoms with Gasteiger partial charge in [0.15, 0.2) is 0 Å². The molecule has 1 amide bonds. The van der Waals surface area contributed by atoms with E-state index < -0.39 is 17.7 Å². The second-order valence-corrected chi connectivity index (χ2v) is 8.01. The number of phenols is 2. The Kier molecular flexibility index (Phi) is 5.39. The molecule has 3 N–H and O–H groups in total. The number of nitrogens with zero attached hydrogens (tertiary/aromatic N) is 1. The number of hydrogen-bond donors (Lipinski definition) is 3. The number of carbonyl (C=O) groups is 2. The first-order chi connectivity index (χ1) is 14.9.